The van der Waals surface area contributed by atoms with Crippen LogP contribution in [0.15, 0.2) is 34.9 Å². The molecule has 0 spiro atoms. The van der Waals surface area contributed by atoms with Crippen LogP contribution in [-0.2, 0) is 65.4 Å². The van der Waals surface area contributed by atoms with Gasteiger partial charge in [0, 0.05) is 77.8 Å². The van der Waals surface area contributed by atoms with Crippen LogP contribution in [0.2, 0.25) is 0 Å². The van der Waals surface area contributed by atoms with Crippen LogP contribution in [0.5, 0.6) is 0 Å². The van der Waals surface area contributed by atoms with Gasteiger partial charge < -0.3 is 18.6 Å². The molecular weight excluding hydrogens is 444 g/mol. The Morgan fingerprint density at radius 2 is 1.21 bits per heavy atom. The van der Waals surface area contributed by atoms with Gasteiger partial charge in [-0.3, -0.25) is 0 Å². The molecule has 0 fully saturated rings. The van der Waals surface area contributed by atoms with E-state index >= 15 is 0 Å². The molecule has 0 amide bonds. The minimum absolute atomic E-state index is 0. The second kappa shape index (κ2) is 14.4. The molecule has 0 bridgehead atoms. The average Bonchev–Trinajstić information content (AvgIpc) is 3.06. The summed E-state index contributed by atoms with van der Waals surface area (Å²) in [5.74, 6) is 2.19. The van der Waals surface area contributed by atoms with E-state index in [1.807, 2.05) is 0 Å². The van der Waals surface area contributed by atoms with E-state index < -0.39 is 0 Å². The summed E-state index contributed by atoms with van der Waals surface area (Å²) < 4.78 is 0. The van der Waals surface area contributed by atoms with Gasteiger partial charge in [-0.25, -0.2) is 0 Å². The zero-order valence-electron chi connectivity index (χ0n) is 16.7. The van der Waals surface area contributed by atoms with Crippen LogP contribution in [0.1, 0.15) is 60.8 Å². The Hall–Kier alpha value is 1.39. The molecule has 4 unspecified atom stereocenters. The SMILES string of the molecule is CC1=CC(C)C([NH3+])C1.CC1=CC(C)[CH-]C1.CC1=CC(C)[CH-]C1.[Y].[Y]. The van der Waals surface area contributed by atoms with Crippen molar-refractivity contribution in [2.45, 2.75) is 66.8 Å². The summed E-state index contributed by atoms with van der Waals surface area (Å²) in [5, 5.41) is 0. The van der Waals surface area contributed by atoms with Crippen LogP contribution >= 0.6 is 0 Å². The van der Waals surface area contributed by atoms with Crippen LogP contribution in [-0.4, -0.2) is 6.04 Å². The standard InChI is InChI=1S/C7H13N.2C7H11.2Y/c1-5-3-6(2)7(8)4-5;2*1-6-3-4-7(2)5-6;;/h3,6-7H,4,8H2,1-2H3;2*3,5-6H,4H2,1-2H3;;/q;2*-1;;/p+1. The van der Waals surface area contributed by atoms with E-state index in [1.54, 1.807) is 0 Å². The topological polar surface area (TPSA) is 27.6 Å². The van der Waals surface area contributed by atoms with Crippen molar-refractivity contribution in [3.63, 3.8) is 0 Å². The summed E-state index contributed by atoms with van der Waals surface area (Å²) in [7, 11) is 0. The molecule has 3 rings (SSSR count). The predicted molar refractivity (Wildman–Crippen MR) is 97.9 cm³/mol. The Morgan fingerprint density at radius 1 is 0.792 bits per heavy atom. The van der Waals surface area contributed by atoms with Crippen LogP contribution in [0.25, 0.3) is 0 Å². The first-order valence-electron chi connectivity index (χ1n) is 8.79. The fraction of sp³-hybridized carbons (Fsp3) is 0.619. The number of hydrogen-bond acceptors (Lipinski definition) is 0. The van der Waals surface area contributed by atoms with E-state index in [0.717, 1.165) is 17.8 Å². The molecule has 132 valence electrons. The molecule has 0 aromatic rings. The minimum Gasteiger partial charge on any atom is -0.354 e. The van der Waals surface area contributed by atoms with Crippen LogP contribution < -0.4 is 5.73 Å². The van der Waals surface area contributed by atoms with Gasteiger partial charge in [-0.15, -0.1) is 23.3 Å². The van der Waals surface area contributed by atoms with E-state index in [9.17, 15) is 0 Å². The summed E-state index contributed by atoms with van der Waals surface area (Å²) in [6, 6.07) is 0.648. The second-order valence-corrected chi connectivity index (χ2v) is 7.46. The first-order valence-corrected chi connectivity index (χ1v) is 8.79. The van der Waals surface area contributed by atoms with E-state index in [-0.39, 0.29) is 65.4 Å². The normalized spacial score (nSPS) is 30.4. The molecule has 1 nitrogen and oxygen atoms in total. The van der Waals surface area contributed by atoms with Crippen molar-refractivity contribution in [3.8, 4) is 0 Å². The van der Waals surface area contributed by atoms with E-state index in [2.05, 4.69) is 78.3 Å². The molecular formula is C21H36NY2-. The summed E-state index contributed by atoms with van der Waals surface area (Å²) in [5.41, 5.74) is 8.57. The zero-order valence-corrected chi connectivity index (χ0v) is 22.4. The third-order valence-corrected chi connectivity index (χ3v) is 4.59. The van der Waals surface area contributed by atoms with Gasteiger partial charge in [0.2, 0.25) is 0 Å². The molecule has 2 radical (unpaired) electrons. The van der Waals surface area contributed by atoms with Gasteiger partial charge in [-0.1, -0.05) is 32.4 Å². The van der Waals surface area contributed by atoms with Crippen LogP contribution in [0.4, 0.5) is 0 Å². The maximum absolute atomic E-state index is 4.02. The fourth-order valence-corrected chi connectivity index (χ4v) is 3.17. The number of hydrogen-bond donors (Lipinski definition) is 1. The number of allylic oxidation sites excluding steroid dienone is 4. The average molecular weight is 480 g/mol. The van der Waals surface area contributed by atoms with Gasteiger partial charge in [0.15, 0.2) is 0 Å². The monoisotopic (exact) mass is 480 g/mol. The summed E-state index contributed by atoms with van der Waals surface area (Å²) in [4.78, 5) is 0. The first kappa shape index (κ1) is 27.6. The summed E-state index contributed by atoms with van der Waals surface area (Å²) in [6.07, 6.45) is 15.2. The van der Waals surface area contributed by atoms with E-state index in [0.29, 0.717) is 6.04 Å². The molecule has 3 heteroatoms. The molecule has 0 saturated carbocycles. The Kier molecular flexibility index (Phi) is 16.6. The van der Waals surface area contributed by atoms with Crippen molar-refractivity contribution in [3.05, 3.63) is 47.8 Å². The van der Waals surface area contributed by atoms with Gasteiger partial charge in [0.05, 0.1) is 6.04 Å². The van der Waals surface area contributed by atoms with Crippen molar-refractivity contribution >= 4 is 0 Å². The largest absolute Gasteiger partial charge is 0.354 e. The van der Waals surface area contributed by atoms with E-state index in [4.69, 9.17) is 0 Å². The summed E-state index contributed by atoms with van der Waals surface area (Å²) >= 11 is 0. The smallest absolute Gasteiger partial charge is 0.0941 e. The Balaban J connectivity index is 0. The molecule has 3 aliphatic carbocycles. The molecule has 0 heterocycles. The van der Waals surface area contributed by atoms with Crippen molar-refractivity contribution in [2.75, 3.05) is 0 Å². The molecule has 0 saturated heterocycles. The molecule has 24 heavy (non-hydrogen) atoms. The zero-order chi connectivity index (χ0) is 16.7. The van der Waals surface area contributed by atoms with Crippen molar-refractivity contribution in [1.82, 2.24) is 0 Å². The molecule has 4 atom stereocenters. The molecule has 3 N–H and O–H groups in total. The predicted octanol–water partition coefficient (Wildman–Crippen LogP) is 4.93. The Labute approximate surface area is 201 Å². The Morgan fingerprint density at radius 3 is 1.29 bits per heavy atom. The molecule has 3 aliphatic rings. The minimum atomic E-state index is 0. The fourth-order valence-electron chi connectivity index (χ4n) is 3.17. The van der Waals surface area contributed by atoms with Gasteiger partial charge in [0.25, 0.3) is 0 Å². The van der Waals surface area contributed by atoms with Crippen molar-refractivity contribution in [2.24, 2.45) is 17.8 Å². The first-order chi connectivity index (χ1) is 10.3. The third-order valence-electron chi connectivity index (χ3n) is 4.59. The quantitative estimate of drug-likeness (QED) is 0.376. The van der Waals surface area contributed by atoms with Gasteiger partial charge in [0.1, 0.15) is 0 Å². The van der Waals surface area contributed by atoms with Gasteiger partial charge in [-0.05, 0) is 20.8 Å². The maximum atomic E-state index is 4.02. The molecule has 0 aromatic heterocycles. The van der Waals surface area contributed by atoms with E-state index in [1.165, 1.54) is 36.0 Å². The number of quaternary nitrogens is 1. The third kappa shape index (κ3) is 11.9. The summed E-state index contributed by atoms with van der Waals surface area (Å²) in [6.45, 7) is 13.2. The maximum Gasteiger partial charge on any atom is 0.0941 e. The van der Waals surface area contributed by atoms with Crippen LogP contribution in [0, 0.1) is 30.6 Å². The van der Waals surface area contributed by atoms with Crippen molar-refractivity contribution < 1.29 is 71.2 Å². The number of rotatable bonds is 0. The van der Waals surface area contributed by atoms with Crippen molar-refractivity contribution in [1.29, 1.82) is 0 Å². The second-order valence-electron chi connectivity index (χ2n) is 7.46. The van der Waals surface area contributed by atoms with Gasteiger partial charge in [-0.2, -0.15) is 24.7 Å². The Bertz CT molecular complexity index is 411. The van der Waals surface area contributed by atoms with Crippen LogP contribution in [0.3, 0.4) is 0 Å². The van der Waals surface area contributed by atoms with Gasteiger partial charge >= 0.3 is 0 Å². The molecule has 0 aliphatic heterocycles. The molecule has 0 aromatic carbocycles.